The molecule has 0 aromatic carbocycles. The Balaban J connectivity index is 2.59. The molecule has 1 aliphatic heterocycles. The Morgan fingerprint density at radius 1 is 1.29 bits per heavy atom. The van der Waals surface area contributed by atoms with E-state index in [-0.39, 0.29) is 0 Å². The van der Waals surface area contributed by atoms with Crippen LogP contribution >= 0.6 is 0 Å². The van der Waals surface area contributed by atoms with Crippen molar-refractivity contribution < 1.29 is 0 Å². The number of nitrogens with zero attached hydrogens (tertiary/aromatic N) is 3. The molecule has 0 aromatic heterocycles. The van der Waals surface area contributed by atoms with Gasteiger partial charge in [0, 0.05) is 12.6 Å². The second-order valence-corrected chi connectivity index (χ2v) is 4.20. The summed E-state index contributed by atoms with van der Waals surface area (Å²) < 4.78 is 0. The molecule has 1 aliphatic rings. The first-order valence-electron chi connectivity index (χ1n) is 5.78. The second kappa shape index (κ2) is 5.23. The van der Waals surface area contributed by atoms with E-state index in [2.05, 4.69) is 42.7 Å². The Morgan fingerprint density at radius 2 is 2.00 bits per heavy atom. The van der Waals surface area contributed by atoms with Crippen molar-refractivity contribution in [2.45, 2.75) is 59.2 Å². The Hall–Kier alpha value is -0.730. The van der Waals surface area contributed by atoms with Gasteiger partial charge >= 0.3 is 0 Å². The lowest BCUT2D eigenvalue weighted by molar-refractivity contribution is 0.104. The van der Waals surface area contributed by atoms with Gasteiger partial charge in [-0.15, -0.1) is 0 Å². The molecule has 3 nitrogen and oxygen atoms in total. The number of rotatable bonds is 5. The van der Waals surface area contributed by atoms with E-state index in [1.165, 1.54) is 19.3 Å². The third-order valence-corrected chi connectivity index (χ3v) is 2.62. The molecule has 0 aromatic rings. The molecule has 0 fully saturated rings. The normalized spacial score (nSPS) is 21.4. The predicted octanol–water partition coefficient (Wildman–Crippen LogP) is 2.49. The second-order valence-electron chi connectivity index (χ2n) is 4.20. The number of hydrazone groups is 1. The van der Waals surface area contributed by atoms with E-state index in [9.17, 15) is 0 Å². The molecule has 0 bridgehead atoms. The lowest BCUT2D eigenvalue weighted by Gasteiger charge is -2.32. The fourth-order valence-electron chi connectivity index (χ4n) is 1.90. The van der Waals surface area contributed by atoms with Crippen molar-refractivity contribution in [2.24, 2.45) is 5.10 Å². The van der Waals surface area contributed by atoms with E-state index in [1.54, 1.807) is 0 Å². The Kier molecular flexibility index (Phi) is 4.23. The average molecular weight is 197 g/mol. The van der Waals surface area contributed by atoms with Gasteiger partial charge in [0.15, 0.2) is 0 Å². The molecular formula is C11H23N3. The molecule has 3 heteroatoms. The van der Waals surface area contributed by atoms with Crippen LogP contribution in [-0.2, 0) is 0 Å². The minimum atomic E-state index is 0.500. The zero-order valence-electron chi connectivity index (χ0n) is 9.90. The molecule has 0 amide bonds. The third kappa shape index (κ3) is 2.40. The molecule has 0 saturated carbocycles. The fourth-order valence-corrected chi connectivity index (χ4v) is 1.90. The van der Waals surface area contributed by atoms with Crippen LogP contribution in [0, 0.1) is 0 Å². The van der Waals surface area contributed by atoms with Gasteiger partial charge in [-0.3, -0.25) is 5.01 Å². The zero-order chi connectivity index (χ0) is 10.6. The van der Waals surface area contributed by atoms with Crippen molar-refractivity contribution in [1.29, 1.82) is 0 Å². The van der Waals surface area contributed by atoms with Gasteiger partial charge in [-0.1, -0.05) is 20.3 Å². The maximum atomic E-state index is 4.46. The molecule has 1 unspecified atom stereocenters. The minimum Gasteiger partial charge on any atom is -0.337 e. The molecule has 14 heavy (non-hydrogen) atoms. The van der Waals surface area contributed by atoms with E-state index < -0.39 is 0 Å². The largest absolute Gasteiger partial charge is 0.337 e. The maximum absolute atomic E-state index is 4.46. The highest BCUT2D eigenvalue weighted by Crippen LogP contribution is 2.19. The summed E-state index contributed by atoms with van der Waals surface area (Å²) in [5.74, 6) is 0. The first-order valence-corrected chi connectivity index (χ1v) is 5.78. The van der Waals surface area contributed by atoms with Crippen molar-refractivity contribution in [2.75, 3.05) is 6.54 Å². The molecule has 1 heterocycles. The predicted molar refractivity (Wildman–Crippen MR) is 61.2 cm³/mol. The van der Waals surface area contributed by atoms with E-state index in [1.807, 2.05) is 6.34 Å². The molecular weight excluding hydrogens is 174 g/mol. The van der Waals surface area contributed by atoms with Gasteiger partial charge in [-0.25, -0.2) is 0 Å². The summed E-state index contributed by atoms with van der Waals surface area (Å²) in [6.07, 6.45) is 6.10. The Bertz CT molecular complexity index is 189. The van der Waals surface area contributed by atoms with Gasteiger partial charge in [0.25, 0.3) is 0 Å². The van der Waals surface area contributed by atoms with Gasteiger partial charge in [0.1, 0.15) is 12.5 Å². The summed E-state index contributed by atoms with van der Waals surface area (Å²) in [5.41, 5.74) is 0. The SMILES string of the molecule is CCCC1N(CCC)N=CN1C(C)C. The third-order valence-electron chi connectivity index (χ3n) is 2.62. The minimum absolute atomic E-state index is 0.500. The average Bonchev–Trinajstić information content (AvgIpc) is 2.50. The molecule has 0 aliphatic carbocycles. The van der Waals surface area contributed by atoms with Crippen molar-refractivity contribution in [1.82, 2.24) is 9.91 Å². The summed E-state index contributed by atoms with van der Waals surface area (Å²) in [5, 5.41) is 6.69. The Labute approximate surface area is 87.8 Å². The van der Waals surface area contributed by atoms with E-state index >= 15 is 0 Å². The lowest BCUT2D eigenvalue weighted by atomic mass is 10.2. The summed E-state index contributed by atoms with van der Waals surface area (Å²) in [4.78, 5) is 2.36. The van der Waals surface area contributed by atoms with Crippen molar-refractivity contribution >= 4 is 6.34 Å². The first-order chi connectivity index (χ1) is 6.70. The van der Waals surface area contributed by atoms with Gasteiger partial charge in [0.2, 0.25) is 0 Å². The molecule has 0 radical (unpaired) electrons. The van der Waals surface area contributed by atoms with Crippen LogP contribution < -0.4 is 0 Å². The fraction of sp³-hybridized carbons (Fsp3) is 0.909. The summed E-state index contributed by atoms with van der Waals surface area (Å²) in [6, 6.07) is 0.553. The molecule has 1 rings (SSSR count). The Morgan fingerprint density at radius 3 is 2.50 bits per heavy atom. The topological polar surface area (TPSA) is 18.8 Å². The van der Waals surface area contributed by atoms with Crippen LogP contribution in [0.25, 0.3) is 0 Å². The molecule has 1 atom stereocenters. The molecule has 82 valence electrons. The number of hydrogen-bond donors (Lipinski definition) is 0. The van der Waals surface area contributed by atoms with Gasteiger partial charge < -0.3 is 4.90 Å². The van der Waals surface area contributed by atoms with Crippen molar-refractivity contribution in [3.05, 3.63) is 0 Å². The highest BCUT2D eigenvalue weighted by Gasteiger charge is 2.27. The van der Waals surface area contributed by atoms with Gasteiger partial charge in [-0.2, -0.15) is 5.10 Å². The standard InChI is InChI=1S/C11H23N3/c1-5-7-11-13(10(3)4)9-12-14(11)8-6-2/h9-11H,5-8H2,1-4H3. The molecule has 0 spiro atoms. The monoisotopic (exact) mass is 197 g/mol. The van der Waals surface area contributed by atoms with Crippen molar-refractivity contribution in [3.63, 3.8) is 0 Å². The molecule has 0 saturated heterocycles. The number of hydrogen-bond acceptors (Lipinski definition) is 3. The summed E-state index contributed by atoms with van der Waals surface area (Å²) in [6.45, 7) is 9.97. The zero-order valence-corrected chi connectivity index (χ0v) is 9.90. The van der Waals surface area contributed by atoms with Crippen LogP contribution in [-0.4, -0.2) is 35.0 Å². The van der Waals surface area contributed by atoms with Crippen LogP contribution in [0.3, 0.4) is 0 Å². The lowest BCUT2D eigenvalue weighted by Crippen LogP contribution is -2.43. The molecule has 0 N–H and O–H groups in total. The van der Waals surface area contributed by atoms with Crippen molar-refractivity contribution in [3.8, 4) is 0 Å². The van der Waals surface area contributed by atoms with Crippen LogP contribution in [0.2, 0.25) is 0 Å². The summed E-state index contributed by atoms with van der Waals surface area (Å²) >= 11 is 0. The quantitative estimate of drug-likeness (QED) is 0.674. The van der Waals surface area contributed by atoms with Gasteiger partial charge in [-0.05, 0) is 26.7 Å². The smallest absolute Gasteiger partial charge is 0.119 e. The first kappa shape index (κ1) is 11.3. The highest BCUT2D eigenvalue weighted by molar-refractivity contribution is 5.57. The van der Waals surface area contributed by atoms with Gasteiger partial charge in [0.05, 0.1) is 0 Å². The van der Waals surface area contributed by atoms with Crippen LogP contribution in [0.5, 0.6) is 0 Å². The van der Waals surface area contributed by atoms with E-state index in [0.717, 1.165) is 6.54 Å². The van der Waals surface area contributed by atoms with Crippen LogP contribution in [0.15, 0.2) is 5.10 Å². The summed E-state index contributed by atoms with van der Waals surface area (Å²) in [7, 11) is 0. The van der Waals surface area contributed by atoms with Crippen LogP contribution in [0.4, 0.5) is 0 Å². The van der Waals surface area contributed by atoms with E-state index in [0.29, 0.717) is 12.2 Å². The maximum Gasteiger partial charge on any atom is 0.119 e. The van der Waals surface area contributed by atoms with E-state index in [4.69, 9.17) is 0 Å². The highest BCUT2D eigenvalue weighted by atomic mass is 15.6. The van der Waals surface area contributed by atoms with Crippen LogP contribution in [0.1, 0.15) is 47.0 Å².